The van der Waals surface area contributed by atoms with Crippen molar-refractivity contribution in [3.8, 4) is 0 Å². The van der Waals surface area contributed by atoms with Gasteiger partial charge in [0, 0.05) is 0 Å². The first kappa shape index (κ1) is 18.3. The van der Waals surface area contributed by atoms with Crippen LogP contribution >= 0.6 is 0 Å². The number of non-ortho nitro benzene ring substituents is 1. The summed E-state index contributed by atoms with van der Waals surface area (Å²) in [4.78, 5) is 28.8. The predicted molar refractivity (Wildman–Crippen MR) is 65.3 cm³/mol. The molecule has 0 spiro atoms. The second-order valence-electron chi connectivity index (χ2n) is 3.33. The predicted octanol–water partition coefficient (Wildman–Crippen LogP) is 1.07. The van der Waals surface area contributed by atoms with Gasteiger partial charge in [0.15, 0.2) is 0 Å². The molecule has 0 unspecified atom stereocenters. The Hall–Kier alpha value is -2.71. The summed E-state index contributed by atoms with van der Waals surface area (Å²) >= 11 is 0. The molecule has 0 aromatic heterocycles. The molecule has 0 heterocycles. The highest BCUT2D eigenvalue weighted by Crippen LogP contribution is 2.32. The SMILES string of the molecule is Cc1c([N+](=O)[O-])cc([N+](=O)[O-])cc1[N+](=O)[O-].O=S(=O)(O)O. The highest BCUT2D eigenvalue weighted by molar-refractivity contribution is 7.79. The van der Waals surface area contributed by atoms with Crippen LogP contribution in [0, 0.1) is 37.3 Å². The standard InChI is InChI=1S/C7H5N3O6.H2O4S/c1-4-6(9(13)14)2-5(8(11)12)3-7(4)10(15)16;1-5(2,3)4/h2-3H,1H3;(H2,1,2,3,4). The average Bonchev–Trinajstić information content (AvgIpc) is 2.25. The fourth-order valence-corrected chi connectivity index (χ4v) is 1.15. The van der Waals surface area contributed by atoms with Crippen molar-refractivity contribution in [2.45, 2.75) is 6.92 Å². The lowest BCUT2D eigenvalue weighted by molar-refractivity contribution is -0.403. The van der Waals surface area contributed by atoms with E-state index in [1.54, 1.807) is 0 Å². The highest BCUT2D eigenvalue weighted by atomic mass is 32.3. The normalized spacial score (nSPS) is 10.2. The lowest BCUT2D eigenvalue weighted by Gasteiger charge is -1.99. The van der Waals surface area contributed by atoms with Crippen LogP contribution in [0.1, 0.15) is 5.56 Å². The van der Waals surface area contributed by atoms with Crippen molar-refractivity contribution in [3.63, 3.8) is 0 Å². The van der Waals surface area contributed by atoms with E-state index in [0.717, 1.165) is 0 Å². The van der Waals surface area contributed by atoms with E-state index in [1.807, 2.05) is 0 Å². The van der Waals surface area contributed by atoms with Crippen LogP contribution in [0.2, 0.25) is 0 Å². The Morgan fingerprint density at radius 2 is 1.19 bits per heavy atom. The van der Waals surface area contributed by atoms with Crippen LogP contribution in [0.5, 0.6) is 0 Å². The minimum Gasteiger partial charge on any atom is -0.264 e. The Morgan fingerprint density at radius 3 is 1.38 bits per heavy atom. The Labute approximate surface area is 115 Å². The molecule has 0 bridgehead atoms. The van der Waals surface area contributed by atoms with E-state index in [2.05, 4.69) is 0 Å². The zero-order valence-corrected chi connectivity index (χ0v) is 10.9. The van der Waals surface area contributed by atoms with Crippen LogP contribution < -0.4 is 0 Å². The van der Waals surface area contributed by atoms with Crippen LogP contribution in [-0.2, 0) is 10.4 Å². The molecule has 14 heteroatoms. The summed E-state index contributed by atoms with van der Waals surface area (Å²) in [5.74, 6) is 0. The Morgan fingerprint density at radius 1 is 0.905 bits per heavy atom. The summed E-state index contributed by atoms with van der Waals surface area (Å²) in [6.45, 7) is 1.17. The van der Waals surface area contributed by atoms with Crippen molar-refractivity contribution < 1.29 is 32.3 Å². The summed E-state index contributed by atoms with van der Waals surface area (Å²) in [6.07, 6.45) is 0. The fourth-order valence-electron chi connectivity index (χ4n) is 1.15. The summed E-state index contributed by atoms with van der Waals surface area (Å²) in [7, 11) is -4.67. The molecular formula is C7H7N3O10S. The van der Waals surface area contributed by atoms with E-state index in [4.69, 9.17) is 17.5 Å². The third-order valence-electron chi connectivity index (χ3n) is 1.94. The lowest BCUT2D eigenvalue weighted by atomic mass is 10.1. The zero-order valence-electron chi connectivity index (χ0n) is 10.1. The number of nitro benzene ring substituents is 3. The van der Waals surface area contributed by atoms with Crippen molar-refractivity contribution in [3.05, 3.63) is 48.0 Å². The van der Waals surface area contributed by atoms with Gasteiger partial charge < -0.3 is 0 Å². The molecule has 0 saturated heterocycles. The Bertz CT molecular complexity index is 654. The molecule has 13 nitrogen and oxygen atoms in total. The van der Waals surface area contributed by atoms with E-state index in [-0.39, 0.29) is 5.56 Å². The molecular weight excluding hydrogens is 318 g/mol. The molecule has 0 fully saturated rings. The molecule has 21 heavy (non-hydrogen) atoms. The van der Waals surface area contributed by atoms with Crippen molar-refractivity contribution >= 4 is 27.5 Å². The van der Waals surface area contributed by atoms with Crippen molar-refractivity contribution in [1.29, 1.82) is 0 Å². The number of nitro groups is 3. The van der Waals surface area contributed by atoms with Gasteiger partial charge in [-0.25, -0.2) is 0 Å². The molecule has 0 atom stereocenters. The van der Waals surface area contributed by atoms with Crippen LogP contribution in [-0.4, -0.2) is 32.3 Å². The minimum atomic E-state index is -4.67. The van der Waals surface area contributed by atoms with Gasteiger partial charge in [-0.2, -0.15) is 8.42 Å². The van der Waals surface area contributed by atoms with Gasteiger partial charge in [-0.3, -0.25) is 39.4 Å². The molecule has 0 aliphatic rings. The van der Waals surface area contributed by atoms with Gasteiger partial charge in [0.1, 0.15) is 5.56 Å². The third kappa shape index (κ3) is 6.32. The summed E-state index contributed by atoms with van der Waals surface area (Å²) in [6, 6.07) is 1.39. The van der Waals surface area contributed by atoms with Gasteiger partial charge in [-0.05, 0) is 6.92 Å². The number of benzene rings is 1. The van der Waals surface area contributed by atoms with E-state index in [9.17, 15) is 30.3 Å². The molecule has 0 aliphatic carbocycles. The van der Waals surface area contributed by atoms with Gasteiger partial charge >= 0.3 is 10.4 Å². The number of hydrogen-bond acceptors (Lipinski definition) is 8. The zero-order chi connectivity index (χ0) is 17.0. The van der Waals surface area contributed by atoms with Crippen molar-refractivity contribution in [2.24, 2.45) is 0 Å². The molecule has 2 N–H and O–H groups in total. The maximum absolute atomic E-state index is 10.5. The molecule has 0 saturated carbocycles. The van der Waals surface area contributed by atoms with E-state index in [1.165, 1.54) is 6.92 Å². The number of rotatable bonds is 3. The fraction of sp³-hybridized carbons (Fsp3) is 0.143. The van der Waals surface area contributed by atoms with E-state index < -0.39 is 42.2 Å². The summed E-state index contributed by atoms with van der Waals surface area (Å²) in [5.41, 5.74) is -2.16. The van der Waals surface area contributed by atoms with E-state index in [0.29, 0.717) is 12.1 Å². The molecule has 116 valence electrons. The van der Waals surface area contributed by atoms with Gasteiger partial charge in [-0.1, -0.05) is 0 Å². The maximum atomic E-state index is 10.5. The molecule has 0 radical (unpaired) electrons. The highest BCUT2D eigenvalue weighted by Gasteiger charge is 2.27. The summed E-state index contributed by atoms with van der Waals surface area (Å²) in [5, 5.41) is 31.5. The van der Waals surface area contributed by atoms with Crippen molar-refractivity contribution in [1.82, 2.24) is 0 Å². The maximum Gasteiger partial charge on any atom is 0.394 e. The smallest absolute Gasteiger partial charge is 0.264 e. The van der Waals surface area contributed by atoms with Gasteiger partial charge in [0.05, 0.1) is 26.9 Å². The van der Waals surface area contributed by atoms with Crippen LogP contribution in [0.4, 0.5) is 17.1 Å². The monoisotopic (exact) mass is 325 g/mol. The quantitative estimate of drug-likeness (QED) is 0.459. The van der Waals surface area contributed by atoms with Gasteiger partial charge in [0.25, 0.3) is 17.1 Å². The van der Waals surface area contributed by atoms with Crippen LogP contribution in [0.3, 0.4) is 0 Å². The Balaban J connectivity index is 0.000000690. The first-order chi connectivity index (χ1) is 9.34. The van der Waals surface area contributed by atoms with Crippen LogP contribution in [0.25, 0.3) is 0 Å². The molecule has 1 rings (SSSR count). The second kappa shape index (κ2) is 6.64. The minimum absolute atomic E-state index is 0.208. The number of nitrogens with zero attached hydrogens (tertiary/aromatic N) is 3. The van der Waals surface area contributed by atoms with Gasteiger partial charge in [-0.15, -0.1) is 0 Å². The van der Waals surface area contributed by atoms with Gasteiger partial charge in [0.2, 0.25) is 0 Å². The first-order valence-corrected chi connectivity index (χ1v) is 6.02. The first-order valence-electron chi connectivity index (χ1n) is 4.62. The molecule has 0 amide bonds. The molecule has 1 aromatic rings. The second-order valence-corrected chi connectivity index (χ2v) is 4.22. The molecule has 1 aromatic carbocycles. The third-order valence-corrected chi connectivity index (χ3v) is 1.94. The van der Waals surface area contributed by atoms with Crippen molar-refractivity contribution in [2.75, 3.05) is 0 Å². The topological polar surface area (TPSA) is 204 Å². The number of hydrogen-bond donors (Lipinski definition) is 2. The largest absolute Gasteiger partial charge is 0.394 e. The summed E-state index contributed by atoms with van der Waals surface area (Å²) < 4.78 is 31.6. The van der Waals surface area contributed by atoms with Crippen LogP contribution in [0.15, 0.2) is 12.1 Å². The van der Waals surface area contributed by atoms with E-state index >= 15 is 0 Å². The molecule has 0 aliphatic heterocycles. The Kier molecular flexibility index (Phi) is 5.78. The lowest BCUT2D eigenvalue weighted by Crippen LogP contribution is -2.00. The average molecular weight is 325 g/mol.